The van der Waals surface area contributed by atoms with Gasteiger partial charge in [-0.05, 0) is 62.4 Å². The number of hydrogen-bond donors (Lipinski definition) is 0. The van der Waals surface area contributed by atoms with Crippen LogP contribution in [-0.4, -0.2) is 81.2 Å². The molecule has 2 heterocycles. The SMILES string of the molecule is COc1ccc(-c2nnn(CC(=O)N(C3CCCCC3)C(C)C(=O)N3CCCCC3)n2)cc1OC. The molecule has 4 rings (SSSR count). The van der Waals surface area contributed by atoms with Crippen LogP contribution in [0.15, 0.2) is 18.2 Å². The number of carbonyl (C=O) groups excluding carboxylic acids is 2. The molecule has 1 aromatic carbocycles. The summed E-state index contributed by atoms with van der Waals surface area (Å²) in [6.45, 7) is 3.35. The van der Waals surface area contributed by atoms with Gasteiger partial charge in [-0.3, -0.25) is 9.59 Å². The van der Waals surface area contributed by atoms with E-state index in [1.54, 1.807) is 31.3 Å². The lowest BCUT2D eigenvalue weighted by atomic mass is 9.93. The van der Waals surface area contributed by atoms with E-state index < -0.39 is 6.04 Å². The van der Waals surface area contributed by atoms with Gasteiger partial charge in [0.25, 0.3) is 0 Å². The molecule has 190 valence electrons. The highest BCUT2D eigenvalue weighted by Gasteiger charge is 2.35. The Bertz CT molecular complexity index is 1010. The molecule has 2 fully saturated rings. The van der Waals surface area contributed by atoms with Crippen molar-refractivity contribution in [2.45, 2.75) is 76.9 Å². The van der Waals surface area contributed by atoms with Gasteiger partial charge in [0.05, 0.1) is 14.2 Å². The van der Waals surface area contributed by atoms with Crippen molar-refractivity contribution in [3.8, 4) is 22.9 Å². The average molecular weight is 485 g/mol. The molecule has 1 saturated carbocycles. The lowest BCUT2D eigenvalue weighted by Gasteiger charge is -2.40. The number of methoxy groups -OCH3 is 2. The van der Waals surface area contributed by atoms with Gasteiger partial charge in [0.1, 0.15) is 12.6 Å². The van der Waals surface area contributed by atoms with E-state index in [1.165, 1.54) is 11.2 Å². The quantitative estimate of drug-likeness (QED) is 0.568. The maximum atomic E-state index is 13.6. The van der Waals surface area contributed by atoms with E-state index >= 15 is 0 Å². The molecule has 2 aromatic rings. The van der Waals surface area contributed by atoms with E-state index in [0.29, 0.717) is 22.9 Å². The van der Waals surface area contributed by atoms with Crippen LogP contribution in [0.2, 0.25) is 0 Å². The topological polar surface area (TPSA) is 103 Å². The smallest absolute Gasteiger partial charge is 0.247 e. The number of carbonyl (C=O) groups is 2. The normalized spacial score (nSPS) is 17.6. The molecule has 0 spiro atoms. The van der Waals surface area contributed by atoms with Crippen LogP contribution in [-0.2, 0) is 16.1 Å². The number of rotatable bonds is 8. The van der Waals surface area contributed by atoms with Gasteiger partial charge in [-0.1, -0.05) is 19.3 Å². The molecule has 1 atom stereocenters. The molecule has 0 radical (unpaired) electrons. The van der Waals surface area contributed by atoms with Crippen LogP contribution in [0.1, 0.15) is 58.3 Å². The molecular formula is C25H36N6O4. The van der Waals surface area contributed by atoms with Crippen molar-refractivity contribution < 1.29 is 19.1 Å². The lowest BCUT2D eigenvalue weighted by molar-refractivity contribution is -0.149. The van der Waals surface area contributed by atoms with Crippen LogP contribution in [0.3, 0.4) is 0 Å². The summed E-state index contributed by atoms with van der Waals surface area (Å²) in [5.41, 5.74) is 0.708. The zero-order valence-corrected chi connectivity index (χ0v) is 21.0. The van der Waals surface area contributed by atoms with Gasteiger partial charge in [-0.2, -0.15) is 4.80 Å². The Morgan fingerprint density at radius 1 is 1.03 bits per heavy atom. The number of benzene rings is 1. The summed E-state index contributed by atoms with van der Waals surface area (Å²) < 4.78 is 10.6. The van der Waals surface area contributed by atoms with Crippen molar-refractivity contribution in [1.29, 1.82) is 0 Å². The minimum absolute atomic E-state index is 0.0428. The minimum atomic E-state index is -0.502. The van der Waals surface area contributed by atoms with E-state index in [0.717, 1.165) is 58.0 Å². The van der Waals surface area contributed by atoms with Crippen LogP contribution >= 0.6 is 0 Å². The van der Waals surface area contributed by atoms with Crippen molar-refractivity contribution in [3.05, 3.63) is 18.2 Å². The second-order valence-electron chi connectivity index (χ2n) is 9.37. The van der Waals surface area contributed by atoms with Crippen molar-refractivity contribution in [2.75, 3.05) is 27.3 Å². The first-order valence-corrected chi connectivity index (χ1v) is 12.6. The monoisotopic (exact) mass is 484 g/mol. The summed E-state index contributed by atoms with van der Waals surface area (Å²) in [5, 5.41) is 12.7. The summed E-state index contributed by atoms with van der Waals surface area (Å²) in [7, 11) is 3.14. The van der Waals surface area contributed by atoms with Gasteiger partial charge < -0.3 is 19.3 Å². The first-order chi connectivity index (χ1) is 17.0. The molecule has 1 aliphatic heterocycles. The van der Waals surface area contributed by atoms with Crippen molar-refractivity contribution >= 4 is 11.8 Å². The largest absolute Gasteiger partial charge is 0.493 e. The highest BCUT2D eigenvalue weighted by Crippen LogP contribution is 2.31. The van der Waals surface area contributed by atoms with E-state index in [4.69, 9.17) is 9.47 Å². The van der Waals surface area contributed by atoms with Crippen LogP contribution in [0.5, 0.6) is 11.5 Å². The number of tetrazole rings is 1. The molecule has 35 heavy (non-hydrogen) atoms. The fourth-order valence-corrected chi connectivity index (χ4v) is 5.20. The van der Waals surface area contributed by atoms with E-state index in [-0.39, 0.29) is 24.4 Å². The first-order valence-electron chi connectivity index (χ1n) is 12.6. The highest BCUT2D eigenvalue weighted by atomic mass is 16.5. The molecular weight excluding hydrogens is 448 g/mol. The summed E-state index contributed by atoms with van der Waals surface area (Å²) in [4.78, 5) is 31.9. The standard InChI is InChI=1S/C25H36N6O4/c1-18(25(33)29-14-8-5-9-15-29)31(20-10-6-4-7-11-20)23(32)17-30-27-24(26-28-30)19-12-13-21(34-2)22(16-19)35-3/h12-13,16,18,20H,4-11,14-15,17H2,1-3H3. The van der Waals surface area contributed by atoms with Gasteiger partial charge in [0.15, 0.2) is 11.5 Å². The fourth-order valence-electron chi connectivity index (χ4n) is 5.20. The maximum absolute atomic E-state index is 13.6. The van der Waals surface area contributed by atoms with Gasteiger partial charge in [0, 0.05) is 24.7 Å². The Hall–Kier alpha value is -3.17. The van der Waals surface area contributed by atoms with Crippen molar-refractivity contribution in [3.63, 3.8) is 0 Å². The summed E-state index contributed by atoms with van der Waals surface area (Å²) in [6.07, 6.45) is 8.37. The average Bonchev–Trinajstić information content (AvgIpc) is 3.37. The minimum Gasteiger partial charge on any atom is -0.493 e. The Kier molecular flexibility index (Phi) is 8.20. The van der Waals surface area contributed by atoms with Crippen LogP contribution in [0, 0.1) is 0 Å². The molecule has 2 aliphatic rings. The predicted octanol–water partition coefficient (Wildman–Crippen LogP) is 2.92. The second-order valence-corrected chi connectivity index (χ2v) is 9.37. The third-order valence-corrected chi connectivity index (χ3v) is 7.07. The van der Waals surface area contributed by atoms with E-state index in [9.17, 15) is 9.59 Å². The molecule has 10 nitrogen and oxygen atoms in total. The maximum Gasteiger partial charge on any atom is 0.247 e. The number of likely N-dealkylation sites (tertiary alicyclic amines) is 1. The summed E-state index contributed by atoms with van der Waals surface area (Å²) in [6, 6.07) is 4.93. The van der Waals surface area contributed by atoms with E-state index in [2.05, 4.69) is 15.4 Å². The Balaban J connectivity index is 1.51. The molecule has 1 aliphatic carbocycles. The predicted molar refractivity (Wildman–Crippen MR) is 130 cm³/mol. The van der Waals surface area contributed by atoms with Crippen LogP contribution in [0.4, 0.5) is 0 Å². The molecule has 2 amide bonds. The highest BCUT2D eigenvalue weighted by molar-refractivity contribution is 5.87. The van der Waals surface area contributed by atoms with Gasteiger partial charge in [0.2, 0.25) is 17.6 Å². The van der Waals surface area contributed by atoms with Crippen molar-refractivity contribution in [1.82, 2.24) is 30.0 Å². The molecule has 1 unspecified atom stereocenters. The van der Waals surface area contributed by atoms with E-state index in [1.807, 2.05) is 17.9 Å². The van der Waals surface area contributed by atoms with Gasteiger partial charge in [-0.15, -0.1) is 10.2 Å². The molecule has 1 aromatic heterocycles. The van der Waals surface area contributed by atoms with Gasteiger partial charge >= 0.3 is 0 Å². The van der Waals surface area contributed by atoms with Gasteiger partial charge in [-0.25, -0.2) is 0 Å². The fraction of sp³-hybridized carbons (Fsp3) is 0.640. The zero-order chi connectivity index (χ0) is 24.8. The second kappa shape index (κ2) is 11.5. The number of hydrogen-bond acceptors (Lipinski definition) is 7. The molecule has 0 N–H and O–H groups in total. The number of amides is 2. The zero-order valence-electron chi connectivity index (χ0n) is 21.0. The Labute approximate surface area is 206 Å². The van der Waals surface area contributed by atoms with Crippen LogP contribution < -0.4 is 9.47 Å². The lowest BCUT2D eigenvalue weighted by Crippen LogP contribution is -2.55. The molecule has 10 heteroatoms. The number of aromatic nitrogens is 4. The van der Waals surface area contributed by atoms with Crippen LogP contribution in [0.25, 0.3) is 11.4 Å². The third kappa shape index (κ3) is 5.74. The molecule has 0 bridgehead atoms. The summed E-state index contributed by atoms with van der Waals surface area (Å²) in [5.74, 6) is 1.45. The Morgan fingerprint density at radius 3 is 2.40 bits per heavy atom. The third-order valence-electron chi connectivity index (χ3n) is 7.07. The first kappa shape index (κ1) is 24.9. The Morgan fingerprint density at radius 2 is 1.71 bits per heavy atom. The number of nitrogens with zero attached hydrogens (tertiary/aromatic N) is 6. The van der Waals surface area contributed by atoms with Crippen molar-refractivity contribution in [2.24, 2.45) is 0 Å². The number of piperidine rings is 1. The number of ether oxygens (including phenoxy) is 2. The summed E-state index contributed by atoms with van der Waals surface area (Å²) >= 11 is 0. The molecule has 1 saturated heterocycles.